The minimum atomic E-state index is -0.113. The fourth-order valence-corrected chi connectivity index (χ4v) is 4.29. The van der Waals surface area contributed by atoms with Gasteiger partial charge in [0.15, 0.2) is 0 Å². The molecule has 6 heteroatoms. The first-order valence-electron chi connectivity index (χ1n) is 8.34. The van der Waals surface area contributed by atoms with Gasteiger partial charge in [0.2, 0.25) is 0 Å². The molecule has 0 saturated carbocycles. The number of thioether (sulfide) groups is 1. The van der Waals surface area contributed by atoms with Crippen LogP contribution in [0.1, 0.15) is 22.3 Å². The molecule has 0 atom stereocenters. The van der Waals surface area contributed by atoms with Crippen LogP contribution < -0.4 is 0 Å². The Morgan fingerprint density at radius 1 is 1.04 bits per heavy atom. The van der Waals surface area contributed by atoms with Gasteiger partial charge < -0.3 is 10.4 Å². The third-order valence-electron chi connectivity index (χ3n) is 4.36. The van der Waals surface area contributed by atoms with Crippen molar-refractivity contribution < 1.29 is 10.3 Å². The molecule has 4 rings (SSSR count). The molecule has 0 saturated heterocycles. The van der Waals surface area contributed by atoms with Gasteiger partial charge in [0.1, 0.15) is 5.69 Å². The Hall–Kier alpha value is -2.96. The Bertz CT molecular complexity index is 965. The molecule has 1 amide bonds. The van der Waals surface area contributed by atoms with Crippen molar-refractivity contribution in [1.29, 1.82) is 0 Å². The Kier molecular flexibility index (Phi) is 5.69. The van der Waals surface area contributed by atoms with E-state index in [-0.39, 0.29) is 11.4 Å². The zero-order valence-corrected chi connectivity index (χ0v) is 15.3. The first-order chi connectivity index (χ1) is 12.8. The van der Waals surface area contributed by atoms with Crippen LogP contribution in [0.25, 0.3) is 0 Å². The molecule has 0 radical (unpaired) electrons. The van der Waals surface area contributed by atoms with Gasteiger partial charge in [-0.05, 0) is 35.4 Å². The number of amides is 1. The highest BCUT2D eigenvalue weighted by Crippen LogP contribution is 2.44. The Labute approximate surface area is 161 Å². The lowest BCUT2D eigenvalue weighted by atomic mass is 10.1. The molecular weight excluding hydrogens is 360 g/mol. The van der Waals surface area contributed by atoms with Gasteiger partial charge in [0.05, 0.1) is 22.7 Å². The molecule has 2 aromatic carbocycles. The van der Waals surface area contributed by atoms with Crippen molar-refractivity contribution in [3.05, 3.63) is 99.5 Å². The van der Waals surface area contributed by atoms with E-state index in [4.69, 9.17) is 0 Å². The second-order valence-electron chi connectivity index (χ2n) is 6.02. The number of nitrogens with zero attached hydrogens (tertiary/aromatic N) is 2. The summed E-state index contributed by atoms with van der Waals surface area (Å²) in [5.74, 6) is -0.113. The van der Waals surface area contributed by atoms with Crippen LogP contribution in [-0.2, 0) is 6.54 Å². The van der Waals surface area contributed by atoms with Gasteiger partial charge in [0, 0.05) is 4.91 Å². The maximum absolute atomic E-state index is 13.4. The molecule has 2 aromatic rings. The van der Waals surface area contributed by atoms with E-state index in [2.05, 4.69) is 11.3 Å². The summed E-state index contributed by atoms with van der Waals surface area (Å²) in [5, 5.41) is 3.13. The molecule has 1 aliphatic heterocycles. The average Bonchev–Trinajstić information content (AvgIpc) is 2.96. The van der Waals surface area contributed by atoms with Crippen molar-refractivity contribution in [3.8, 4) is 0 Å². The average molecular weight is 378 g/mol. The van der Waals surface area contributed by atoms with Gasteiger partial charge in [-0.25, -0.2) is 0 Å². The highest BCUT2D eigenvalue weighted by Gasteiger charge is 2.30. The lowest BCUT2D eigenvalue weighted by Crippen LogP contribution is -2.29. The lowest BCUT2D eigenvalue weighted by Gasteiger charge is -2.24. The normalized spacial score (nSPS) is 15.4. The molecule has 0 spiro atoms. The number of carbonyl (C=O) groups excluding carboxylic acids is 1. The number of fused-ring (bicyclic) bond motifs is 1. The summed E-state index contributed by atoms with van der Waals surface area (Å²) in [7, 11) is 0. The Morgan fingerprint density at radius 3 is 2.63 bits per heavy atom. The highest BCUT2D eigenvalue weighted by molar-refractivity contribution is 8.03. The predicted octanol–water partition coefficient (Wildman–Crippen LogP) is 4.74. The number of benzene rings is 2. The van der Waals surface area contributed by atoms with Crippen LogP contribution in [-0.4, -0.2) is 16.3 Å². The second-order valence-corrected chi connectivity index (χ2v) is 7.13. The molecular formula is C21H18N2O3S. The molecule has 2 aliphatic rings. The summed E-state index contributed by atoms with van der Waals surface area (Å²) in [5.41, 5.74) is 2.76. The molecule has 0 fully saturated rings. The molecule has 2 N–H and O–H groups in total. The summed E-state index contributed by atoms with van der Waals surface area (Å²) in [6.45, 7) is 0.474. The van der Waals surface area contributed by atoms with Crippen molar-refractivity contribution in [2.45, 2.75) is 17.9 Å². The van der Waals surface area contributed by atoms with E-state index >= 15 is 0 Å². The summed E-state index contributed by atoms with van der Waals surface area (Å²) in [4.78, 5) is 28.1. The highest BCUT2D eigenvalue weighted by atomic mass is 32.2. The topological polar surface area (TPSA) is 81.2 Å². The summed E-state index contributed by atoms with van der Waals surface area (Å²) < 4.78 is 0. The molecule has 1 heterocycles. The van der Waals surface area contributed by atoms with Crippen LogP contribution >= 0.6 is 11.8 Å². The second kappa shape index (κ2) is 8.16. The maximum atomic E-state index is 13.4. The fourth-order valence-electron chi connectivity index (χ4n) is 3.11. The summed E-state index contributed by atoms with van der Waals surface area (Å²) in [6, 6.07) is 15.0. The minimum absolute atomic E-state index is 0. The van der Waals surface area contributed by atoms with Crippen molar-refractivity contribution in [1.82, 2.24) is 4.90 Å². The number of hydrogen-bond donors (Lipinski definition) is 0. The van der Waals surface area contributed by atoms with Crippen LogP contribution in [0.15, 0.2) is 93.5 Å². The first kappa shape index (κ1) is 18.8. The number of allylic oxidation sites excluding steroid dienone is 5. The van der Waals surface area contributed by atoms with Gasteiger partial charge in [-0.1, -0.05) is 66.4 Å². The third-order valence-corrected chi connectivity index (χ3v) is 5.61. The van der Waals surface area contributed by atoms with E-state index in [1.165, 1.54) is 11.8 Å². The molecule has 0 aromatic heterocycles. The van der Waals surface area contributed by atoms with Crippen molar-refractivity contribution >= 4 is 23.4 Å². The van der Waals surface area contributed by atoms with E-state index in [0.29, 0.717) is 29.1 Å². The number of carbonyl (C=O) groups is 1. The van der Waals surface area contributed by atoms with E-state index in [1.54, 1.807) is 23.1 Å². The monoisotopic (exact) mass is 378 g/mol. The van der Waals surface area contributed by atoms with Crippen LogP contribution in [0.5, 0.6) is 0 Å². The maximum Gasteiger partial charge on any atom is 0.259 e. The zero-order chi connectivity index (χ0) is 17.9. The van der Waals surface area contributed by atoms with Crippen molar-refractivity contribution in [2.24, 2.45) is 5.18 Å². The van der Waals surface area contributed by atoms with E-state index in [0.717, 1.165) is 16.2 Å². The van der Waals surface area contributed by atoms with E-state index < -0.39 is 0 Å². The number of hydrogen-bond acceptors (Lipinski definition) is 4. The Morgan fingerprint density at radius 2 is 1.85 bits per heavy atom. The van der Waals surface area contributed by atoms with Crippen LogP contribution in [0.4, 0.5) is 5.69 Å². The lowest BCUT2D eigenvalue weighted by molar-refractivity contribution is 0.0798. The molecule has 1 aliphatic carbocycles. The zero-order valence-electron chi connectivity index (χ0n) is 14.5. The number of nitroso groups, excluding NO2 is 1. The van der Waals surface area contributed by atoms with E-state index in [9.17, 15) is 9.70 Å². The Balaban J connectivity index is 0.00000210. The van der Waals surface area contributed by atoms with Gasteiger partial charge in [0.25, 0.3) is 5.91 Å². The van der Waals surface area contributed by atoms with E-state index in [1.807, 2.05) is 48.6 Å². The quantitative estimate of drug-likeness (QED) is 0.724. The largest absolute Gasteiger partial charge is 0.412 e. The molecule has 27 heavy (non-hydrogen) atoms. The molecule has 136 valence electrons. The summed E-state index contributed by atoms with van der Waals surface area (Å²) >= 11 is 1.47. The minimum Gasteiger partial charge on any atom is -0.412 e. The van der Waals surface area contributed by atoms with Crippen molar-refractivity contribution in [2.75, 3.05) is 0 Å². The molecule has 5 nitrogen and oxygen atoms in total. The van der Waals surface area contributed by atoms with Gasteiger partial charge in [-0.15, -0.1) is 4.91 Å². The molecule has 0 bridgehead atoms. The standard InChI is InChI=1S/C21H16N2O2S.H2O/c24-21-16-10-7-11-17(22-25)20(16)26-19-13-6-2-5-12-18(19)23(21)14-15-8-3-1-4-9-15;/h1-12H,13-14H2;1H2. The fraction of sp³-hybridized carbons (Fsp3) is 0.0952. The van der Waals surface area contributed by atoms with Gasteiger partial charge in [-0.2, -0.15) is 0 Å². The predicted molar refractivity (Wildman–Crippen MR) is 108 cm³/mol. The van der Waals surface area contributed by atoms with Crippen molar-refractivity contribution in [3.63, 3.8) is 0 Å². The van der Waals surface area contributed by atoms with Crippen LogP contribution in [0.3, 0.4) is 0 Å². The smallest absolute Gasteiger partial charge is 0.259 e. The SMILES string of the molecule is O.O=Nc1cccc2c1SC1=C(C=CC=CC1)N(Cc1ccccc1)C2=O. The molecule has 0 unspecified atom stereocenters. The van der Waals surface area contributed by atoms with Crippen LogP contribution in [0.2, 0.25) is 0 Å². The van der Waals surface area contributed by atoms with Gasteiger partial charge >= 0.3 is 0 Å². The van der Waals surface area contributed by atoms with Gasteiger partial charge in [-0.3, -0.25) is 4.79 Å². The third kappa shape index (κ3) is 3.63. The van der Waals surface area contributed by atoms with Crippen LogP contribution in [0, 0.1) is 4.91 Å². The summed E-state index contributed by atoms with van der Waals surface area (Å²) in [6.07, 6.45) is 8.65. The number of rotatable bonds is 3. The first-order valence-corrected chi connectivity index (χ1v) is 9.16.